The second-order valence-corrected chi connectivity index (χ2v) is 3.62. The molecule has 16 heavy (non-hydrogen) atoms. The van der Waals surface area contributed by atoms with Crippen molar-refractivity contribution >= 4 is 5.57 Å². The topological polar surface area (TPSA) is 48.9 Å². The van der Waals surface area contributed by atoms with Gasteiger partial charge in [0.2, 0.25) is 0 Å². The lowest BCUT2D eigenvalue weighted by Crippen LogP contribution is -1.87. The molecule has 3 heteroatoms. The molecule has 0 fully saturated rings. The molecule has 2 N–H and O–H groups in total. The molecule has 1 aromatic heterocycles. The lowest BCUT2D eigenvalue weighted by Gasteiger charge is -2.04. The molecule has 0 bridgehead atoms. The Balaban J connectivity index is 2.20. The maximum atomic E-state index is 8.83. The Hall–Kier alpha value is -1.87. The van der Waals surface area contributed by atoms with E-state index in [0.29, 0.717) is 6.42 Å². The van der Waals surface area contributed by atoms with E-state index >= 15 is 0 Å². The molecule has 0 radical (unpaired) electrons. The van der Waals surface area contributed by atoms with Crippen molar-refractivity contribution in [1.82, 2.24) is 10.2 Å². The van der Waals surface area contributed by atoms with Crippen LogP contribution in [0, 0.1) is 0 Å². The van der Waals surface area contributed by atoms with Crippen molar-refractivity contribution in [2.75, 3.05) is 6.61 Å². The van der Waals surface area contributed by atoms with Crippen molar-refractivity contribution in [1.29, 1.82) is 0 Å². The molecule has 1 heterocycles. The Bertz CT molecular complexity index is 457. The summed E-state index contributed by atoms with van der Waals surface area (Å²) in [7, 11) is 0. The molecule has 3 nitrogen and oxygen atoms in total. The number of rotatable bonds is 4. The van der Waals surface area contributed by atoms with E-state index in [1.165, 1.54) is 0 Å². The van der Waals surface area contributed by atoms with Crippen LogP contribution in [0.15, 0.2) is 43.1 Å². The van der Waals surface area contributed by atoms with Gasteiger partial charge in [-0.25, -0.2) is 0 Å². The number of nitrogens with zero attached hydrogens (tertiary/aromatic N) is 1. The third kappa shape index (κ3) is 2.20. The van der Waals surface area contributed by atoms with Crippen LogP contribution in [-0.4, -0.2) is 21.9 Å². The predicted octanol–water partition coefficient (Wildman–Crippen LogP) is 2.47. The van der Waals surface area contributed by atoms with Gasteiger partial charge in [-0.15, -0.1) is 0 Å². The number of H-pyrrole nitrogens is 1. The number of benzene rings is 1. The zero-order valence-corrected chi connectivity index (χ0v) is 8.98. The van der Waals surface area contributed by atoms with Crippen LogP contribution in [0.2, 0.25) is 0 Å². The maximum Gasteiger partial charge on any atom is 0.0650 e. The first-order chi connectivity index (χ1) is 7.81. The highest BCUT2D eigenvalue weighted by atomic mass is 16.2. The standard InChI is InChI=1S/C13H14N2O/c1-10(7-9-16)11-2-4-12(5-3-11)13-6-8-14-15-13/h2-6,8,16H,1,7,9H2,(H,14,15). The molecule has 0 spiro atoms. The zero-order valence-electron chi connectivity index (χ0n) is 8.98. The lowest BCUT2D eigenvalue weighted by molar-refractivity contribution is 0.305. The van der Waals surface area contributed by atoms with Gasteiger partial charge in [-0.1, -0.05) is 30.8 Å². The molecule has 0 saturated carbocycles. The van der Waals surface area contributed by atoms with Crippen LogP contribution in [-0.2, 0) is 0 Å². The fourth-order valence-electron chi connectivity index (χ4n) is 1.58. The van der Waals surface area contributed by atoms with Gasteiger partial charge in [0, 0.05) is 12.8 Å². The summed E-state index contributed by atoms with van der Waals surface area (Å²) >= 11 is 0. The molecule has 0 aliphatic carbocycles. The quantitative estimate of drug-likeness (QED) is 0.821. The molecule has 2 rings (SSSR count). The van der Waals surface area contributed by atoms with E-state index in [9.17, 15) is 0 Å². The van der Waals surface area contributed by atoms with Gasteiger partial charge < -0.3 is 5.11 Å². The van der Waals surface area contributed by atoms with Crippen LogP contribution >= 0.6 is 0 Å². The Morgan fingerprint density at radius 1 is 1.25 bits per heavy atom. The molecular weight excluding hydrogens is 200 g/mol. The normalized spacial score (nSPS) is 10.3. The van der Waals surface area contributed by atoms with Crippen LogP contribution in [0.25, 0.3) is 16.8 Å². The second kappa shape index (κ2) is 4.77. The van der Waals surface area contributed by atoms with Crippen LogP contribution in [0.4, 0.5) is 0 Å². The summed E-state index contributed by atoms with van der Waals surface area (Å²) in [4.78, 5) is 0. The molecule has 82 valence electrons. The van der Waals surface area contributed by atoms with Gasteiger partial charge in [-0.3, -0.25) is 5.10 Å². The van der Waals surface area contributed by atoms with E-state index < -0.39 is 0 Å². The average molecular weight is 214 g/mol. The molecule has 0 atom stereocenters. The predicted molar refractivity (Wildman–Crippen MR) is 64.8 cm³/mol. The summed E-state index contributed by atoms with van der Waals surface area (Å²) in [5, 5.41) is 15.7. The minimum Gasteiger partial charge on any atom is -0.396 e. The first-order valence-electron chi connectivity index (χ1n) is 5.20. The van der Waals surface area contributed by atoms with Gasteiger partial charge >= 0.3 is 0 Å². The van der Waals surface area contributed by atoms with Crippen molar-refractivity contribution in [2.24, 2.45) is 0 Å². The summed E-state index contributed by atoms with van der Waals surface area (Å²) in [6.45, 7) is 4.07. The largest absolute Gasteiger partial charge is 0.396 e. The Morgan fingerprint density at radius 3 is 2.56 bits per heavy atom. The molecule has 2 aromatic rings. The van der Waals surface area contributed by atoms with Gasteiger partial charge in [0.1, 0.15) is 0 Å². The van der Waals surface area contributed by atoms with E-state index in [0.717, 1.165) is 22.4 Å². The van der Waals surface area contributed by atoms with Gasteiger partial charge in [0.15, 0.2) is 0 Å². The van der Waals surface area contributed by atoms with Crippen LogP contribution < -0.4 is 0 Å². The highest BCUT2D eigenvalue weighted by Gasteiger charge is 2.01. The van der Waals surface area contributed by atoms with Gasteiger partial charge in [-0.2, -0.15) is 5.10 Å². The monoisotopic (exact) mass is 214 g/mol. The summed E-state index contributed by atoms with van der Waals surface area (Å²) < 4.78 is 0. The number of aromatic nitrogens is 2. The first kappa shape index (κ1) is 10.6. The van der Waals surface area contributed by atoms with Gasteiger partial charge in [0.05, 0.1) is 5.69 Å². The maximum absolute atomic E-state index is 8.83. The van der Waals surface area contributed by atoms with Crippen molar-refractivity contribution in [3.05, 3.63) is 48.7 Å². The molecule has 0 aliphatic heterocycles. The van der Waals surface area contributed by atoms with Crippen molar-refractivity contribution in [3.63, 3.8) is 0 Å². The van der Waals surface area contributed by atoms with Crippen LogP contribution in [0.5, 0.6) is 0 Å². The molecule has 0 aliphatic rings. The third-order valence-corrected chi connectivity index (χ3v) is 2.52. The SMILES string of the molecule is C=C(CCO)c1ccc(-c2ccn[nH]2)cc1. The minimum atomic E-state index is 0.140. The van der Waals surface area contributed by atoms with Gasteiger partial charge in [0.25, 0.3) is 0 Å². The Labute approximate surface area is 94.5 Å². The Morgan fingerprint density at radius 2 is 2.00 bits per heavy atom. The van der Waals surface area contributed by atoms with E-state index in [1.54, 1.807) is 6.20 Å². The van der Waals surface area contributed by atoms with Crippen LogP contribution in [0.3, 0.4) is 0 Å². The molecule has 1 aromatic carbocycles. The number of nitrogens with one attached hydrogen (secondary N) is 1. The smallest absolute Gasteiger partial charge is 0.0650 e. The fraction of sp³-hybridized carbons (Fsp3) is 0.154. The average Bonchev–Trinajstić information content (AvgIpc) is 2.83. The zero-order chi connectivity index (χ0) is 11.4. The number of aliphatic hydroxyl groups is 1. The molecule has 0 saturated heterocycles. The molecular formula is C13H14N2O. The molecule has 0 amide bonds. The van der Waals surface area contributed by atoms with Crippen molar-refractivity contribution in [2.45, 2.75) is 6.42 Å². The second-order valence-electron chi connectivity index (χ2n) is 3.62. The number of aromatic amines is 1. The van der Waals surface area contributed by atoms with Gasteiger partial charge in [-0.05, 0) is 29.2 Å². The highest BCUT2D eigenvalue weighted by Crippen LogP contribution is 2.21. The number of hydrogen-bond donors (Lipinski definition) is 2. The summed E-state index contributed by atoms with van der Waals surface area (Å²) in [6.07, 6.45) is 2.34. The first-order valence-corrected chi connectivity index (χ1v) is 5.20. The lowest BCUT2D eigenvalue weighted by atomic mass is 10.0. The number of hydrogen-bond acceptors (Lipinski definition) is 2. The molecule has 0 unspecified atom stereocenters. The minimum absolute atomic E-state index is 0.140. The van der Waals surface area contributed by atoms with Crippen molar-refractivity contribution < 1.29 is 5.11 Å². The number of aliphatic hydroxyl groups excluding tert-OH is 1. The summed E-state index contributed by atoms with van der Waals surface area (Å²) in [5.74, 6) is 0. The Kier molecular flexibility index (Phi) is 3.17. The van der Waals surface area contributed by atoms with E-state index in [-0.39, 0.29) is 6.61 Å². The fourth-order valence-corrected chi connectivity index (χ4v) is 1.58. The highest BCUT2D eigenvalue weighted by molar-refractivity contribution is 5.67. The van der Waals surface area contributed by atoms with Crippen LogP contribution in [0.1, 0.15) is 12.0 Å². The summed E-state index contributed by atoms with van der Waals surface area (Å²) in [5.41, 5.74) is 4.12. The van der Waals surface area contributed by atoms with E-state index in [2.05, 4.69) is 16.8 Å². The van der Waals surface area contributed by atoms with Crippen molar-refractivity contribution in [3.8, 4) is 11.3 Å². The summed E-state index contributed by atoms with van der Waals surface area (Å²) in [6, 6.07) is 9.98. The van der Waals surface area contributed by atoms with E-state index in [4.69, 9.17) is 5.11 Å². The third-order valence-electron chi connectivity index (χ3n) is 2.52. The van der Waals surface area contributed by atoms with E-state index in [1.807, 2.05) is 30.3 Å².